The zero-order chi connectivity index (χ0) is 15.9. The molecule has 1 N–H and O–H groups in total. The predicted molar refractivity (Wildman–Crippen MR) is 88.8 cm³/mol. The lowest BCUT2D eigenvalue weighted by Gasteiger charge is -2.25. The van der Waals surface area contributed by atoms with Crippen molar-refractivity contribution in [3.8, 4) is 5.75 Å². The van der Waals surface area contributed by atoms with Gasteiger partial charge in [0, 0.05) is 0 Å². The topological polar surface area (TPSA) is 29.5 Å². The summed E-state index contributed by atoms with van der Waals surface area (Å²) in [7, 11) is 0. The highest BCUT2D eigenvalue weighted by Crippen LogP contribution is 2.31. The first kappa shape index (κ1) is 17.3. The minimum Gasteiger partial charge on any atom is -0.494 e. The summed E-state index contributed by atoms with van der Waals surface area (Å²) in [4.78, 5) is 0. The van der Waals surface area contributed by atoms with Gasteiger partial charge in [-0.1, -0.05) is 55.8 Å². The predicted octanol–water partition coefficient (Wildman–Crippen LogP) is 4.68. The summed E-state index contributed by atoms with van der Waals surface area (Å²) in [6, 6.07) is 15.6. The highest BCUT2D eigenvalue weighted by Gasteiger charge is 2.25. The zero-order valence-corrected chi connectivity index (χ0v) is 13.7. The van der Waals surface area contributed by atoms with Gasteiger partial charge in [0.2, 0.25) is 0 Å². The lowest BCUT2D eigenvalue weighted by Crippen LogP contribution is -2.22. The van der Waals surface area contributed by atoms with Gasteiger partial charge in [0.05, 0.1) is 6.61 Å². The van der Waals surface area contributed by atoms with Crippen molar-refractivity contribution in [3.63, 3.8) is 0 Å². The summed E-state index contributed by atoms with van der Waals surface area (Å²) in [5.41, 5.74) is 1.89. The third kappa shape index (κ3) is 4.33. The number of rotatable bonds is 4. The first-order valence-electron chi connectivity index (χ1n) is 7.57. The molecule has 2 nitrogen and oxygen atoms in total. The molecule has 0 aliphatic rings. The van der Waals surface area contributed by atoms with E-state index in [0.29, 0.717) is 6.61 Å². The molecule has 0 aromatic heterocycles. The summed E-state index contributed by atoms with van der Waals surface area (Å²) in [5.74, 6) is 0.785. The number of ether oxygens (including phenoxy) is 1. The molecule has 0 aliphatic carbocycles. The molecule has 0 saturated heterocycles. The van der Waals surface area contributed by atoms with E-state index in [9.17, 15) is 5.11 Å². The van der Waals surface area contributed by atoms with Gasteiger partial charge < -0.3 is 9.84 Å². The van der Waals surface area contributed by atoms with Gasteiger partial charge in [-0.05, 0) is 44.0 Å². The summed E-state index contributed by atoms with van der Waals surface area (Å²) < 4.78 is 5.49. The highest BCUT2D eigenvalue weighted by molar-refractivity contribution is 5.39. The first-order chi connectivity index (χ1) is 10.0. The summed E-state index contributed by atoms with van der Waals surface area (Å²) in [6.45, 7) is 10.4. The number of benzene rings is 2. The van der Waals surface area contributed by atoms with Crippen molar-refractivity contribution in [2.45, 2.75) is 40.2 Å². The van der Waals surface area contributed by atoms with Crippen LogP contribution in [0.25, 0.3) is 0 Å². The molecule has 0 heterocycles. The third-order valence-corrected chi connectivity index (χ3v) is 3.32. The van der Waals surface area contributed by atoms with Gasteiger partial charge in [-0.15, -0.1) is 0 Å². The van der Waals surface area contributed by atoms with Gasteiger partial charge in [-0.2, -0.15) is 0 Å². The number of hydrogen-bond donors (Lipinski definition) is 1. The van der Waals surface area contributed by atoms with Crippen LogP contribution in [0.1, 0.15) is 44.4 Å². The van der Waals surface area contributed by atoms with Crippen LogP contribution < -0.4 is 4.74 Å². The van der Waals surface area contributed by atoms with E-state index >= 15 is 0 Å². The largest absolute Gasteiger partial charge is 0.494 e. The van der Waals surface area contributed by atoms with Gasteiger partial charge >= 0.3 is 0 Å². The third-order valence-electron chi connectivity index (χ3n) is 3.32. The van der Waals surface area contributed by atoms with Crippen LogP contribution in [0.4, 0.5) is 0 Å². The molecule has 0 aliphatic heterocycles. The molecule has 1 atom stereocenters. The van der Waals surface area contributed by atoms with Gasteiger partial charge in [-0.3, -0.25) is 0 Å². The van der Waals surface area contributed by atoms with Crippen LogP contribution in [-0.4, -0.2) is 11.7 Å². The molecular weight excluding hydrogens is 260 g/mol. The SMILES string of the molecule is CC.CCOc1cccc(C(C)(O)c2ccc(C)cc2)c1. The molecule has 2 rings (SSSR count). The van der Waals surface area contributed by atoms with Crippen molar-refractivity contribution in [1.29, 1.82) is 0 Å². The van der Waals surface area contributed by atoms with Crippen molar-refractivity contribution in [2.75, 3.05) is 6.61 Å². The summed E-state index contributed by atoms with van der Waals surface area (Å²) in [6.07, 6.45) is 0. The fourth-order valence-electron chi connectivity index (χ4n) is 2.10. The Labute approximate surface area is 128 Å². The minimum absolute atomic E-state index is 0.621. The van der Waals surface area contributed by atoms with Crippen molar-refractivity contribution >= 4 is 0 Å². The minimum atomic E-state index is -1.01. The molecule has 0 bridgehead atoms. The molecule has 0 fully saturated rings. The first-order valence-corrected chi connectivity index (χ1v) is 7.57. The molecule has 2 aromatic carbocycles. The number of hydrogen-bond acceptors (Lipinski definition) is 2. The Morgan fingerprint density at radius 1 is 1.00 bits per heavy atom. The Hall–Kier alpha value is -1.80. The molecular formula is C19H26O2. The Balaban J connectivity index is 0.00000106. The van der Waals surface area contributed by atoms with Crippen LogP contribution in [0.2, 0.25) is 0 Å². The van der Waals surface area contributed by atoms with Crippen LogP contribution >= 0.6 is 0 Å². The van der Waals surface area contributed by atoms with Crippen LogP contribution in [0.3, 0.4) is 0 Å². The summed E-state index contributed by atoms with van der Waals surface area (Å²) in [5, 5.41) is 10.8. The van der Waals surface area contributed by atoms with Crippen molar-refractivity contribution in [3.05, 3.63) is 65.2 Å². The van der Waals surface area contributed by atoms with Crippen LogP contribution in [-0.2, 0) is 5.60 Å². The number of aryl methyl sites for hydroxylation is 1. The second-order valence-electron chi connectivity index (χ2n) is 4.90. The maximum Gasteiger partial charge on any atom is 0.119 e. The maximum atomic E-state index is 10.8. The Bertz CT molecular complexity index is 542. The highest BCUT2D eigenvalue weighted by atomic mass is 16.5. The molecule has 2 aromatic rings. The Morgan fingerprint density at radius 2 is 1.62 bits per heavy atom. The average Bonchev–Trinajstić information content (AvgIpc) is 2.50. The van der Waals surface area contributed by atoms with E-state index in [-0.39, 0.29) is 0 Å². The second kappa shape index (κ2) is 7.84. The van der Waals surface area contributed by atoms with Crippen LogP contribution in [0.5, 0.6) is 5.75 Å². The van der Waals surface area contributed by atoms with E-state index in [1.807, 2.05) is 83.1 Å². The monoisotopic (exact) mass is 286 g/mol. The van der Waals surface area contributed by atoms with E-state index in [4.69, 9.17) is 4.74 Å². The molecule has 0 amide bonds. The van der Waals surface area contributed by atoms with Gasteiger partial charge in [0.25, 0.3) is 0 Å². The molecule has 1 unspecified atom stereocenters. The second-order valence-corrected chi connectivity index (χ2v) is 4.90. The standard InChI is InChI=1S/C17H20O2.C2H6/c1-4-19-16-7-5-6-15(12-16)17(3,18)14-10-8-13(2)9-11-14;1-2/h5-12,18H,4H2,1-3H3;1-2H3. The molecule has 2 heteroatoms. The molecule has 0 spiro atoms. The van der Waals surface area contributed by atoms with Gasteiger partial charge in [0.1, 0.15) is 11.4 Å². The lowest BCUT2D eigenvalue weighted by molar-refractivity contribution is 0.102. The Morgan fingerprint density at radius 3 is 2.19 bits per heavy atom. The van der Waals surface area contributed by atoms with Crippen molar-refractivity contribution < 1.29 is 9.84 Å². The smallest absolute Gasteiger partial charge is 0.119 e. The van der Waals surface area contributed by atoms with E-state index in [1.165, 1.54) is 5.56 Å². The lowest BCUT2D eigenvalue weighted by atomic mass is 9.88. The van der Waals surface area contributed by atoms with E-state index in [1.54, 1.807) is 0 Å². The van der Waals surface area contributed by atoms with Gasteiger partial charge in [-0.25, -0.2) is 0 Å². The van der Waals surface area contributed by atoms with Gasteiger partial charge in [0.15, 0.2) is 0 Å². The van der Waals surface area contributed by atoms with E-state index in [2.05, 4.69) is 0 Å². The Kier molecular flexibility index (Phi) is 6.44. The van der Waals surface area contributed by atoms with Crippen molar-refractivity contribution in [2.24, 2.45) is 0 Å². The molecule has 21 heavy (non-hydrogen) atoms. The maximum absolute atomic E-state index is 10.8. The summed E-state index contributed by atoms with van der Waals surface area (Å²) >= 11 is 0. The fraction of sp³-hybridized carbons (Fsp3) is 0.368. The zero-order valence-electron chi connectivity index (χ0n) is 13.7. The van der Waals surface area contributed by atoms with E-state index < -0.39 is 5.60 Å². The molecule has 114 valence electrons. The number of aliphatic hydroxyl groups is 1. The van der Waals surface area contributed by atoms with Crippen LogP contribution in [0, 0.1) is 6.92 Å². The normalized spacial score (nSPS) is 12.9. The average molecular weight is 286 g/mol. The van der Waals surface area contributed by atoms with E-state index in [0.717, 1.165) is 16.9 Å². The van der Waals surface area contributed by atoms with Crippen molar-refractivity contribution in [1.82, 2.24) is 0 Å². The van der Waals surface area contributed by atoms with Crippen LogP contribution in [0.15, 0.2) is 48.5 Å². The quantitative estimate of drug-likeness (QED) is 0.884. The molecule has 0 saturated carbocycles. The fourth-order valence-corrected chi connectivity index (χ4v) is 2.10. The molecule has 0 radical (unpaired) electrons.